The van der Waals surface area contributed by atoms with Crippen LogP contribution in [-0.4, -0.2) is 15.7 Å². The van der Waals surface area contributed by atoms with E-state index in [1.54, 1.807) is 52.8 Å². The van der Waals surface area contributed by atoms with Crippen LogP contribution in [0.3, 0.4) is 0 Å². The van der Waals surface area contributed by atoms with Crippen LogP contribution in [0, 0.1) is 9.77 Å². The van der Waals surface area contributed by atoms with Crippen LogP contribution in [-0.2, 0) is 5.75 Å². The Morgan fingerprint density at radius 3 is 2.47 bits per heavy atom. The van der Waals surface area contributed by atoms with Gasteiger partial charge in [0.15, 0.2) is 8.29 Å². The maximum Gasteiger partial charge on any atom is 0.255 e. The van der Waals surface area contributed by atoms with Crippen molar-refractivity contribution in [3.05, 3.63) is 99.8 Å². The summed E-state index contributed by atoms with van der Waals surface area (Å²) in [6.07, 6.45) is 0. The minimum absolute atomic E-state index is 0.147. The standard InChI is InChI=1S/C22H16FN3OS3/c23-18-8-4-5-9-19(18)24-20(27)16-10-12-17(13-11-16)26-22(28)30-21(25-26)29-14-15-6-2-1-3-7-15/h1-13H,14H2,(H,24,27). The summed E-state index contributed by atoms with van der Waals surface area (Å²) in [5, 5.41) is 7.17. The lowest BCUT2D eigenvalue weighted by atomic mass is 10.2. The number of rotatable bonds is 6. The van der Waals surface area contributed by atoms with Crippen molar-refractivity contribution in [2.45, 2.75) is 10.1 Å². The van der Waals surface area contributed by atoms with Gasteiger partial charge in [0.1, 0.15) is 5.82 Å². The maximum atomic E-state index is 13.7. The minimum atomic E-state index is -0.475. The molecule has 0 unspecified atom stereocenters. The van der Waals surface area contributed by atoms with E-state index in [1.165, 1.54) is 29.0 Å². The number of thioether (sulfide) groups is 1. The molecule has 0 aliphatic heterocycles. The van der Waals surface area contributed by atoms with E-state index < -0.39 is 5.82 Å². The van der Waals surface area contributed by atoms with Gasteiger partial charge < -0.3 is 5.32 Å². The number of carbonyl (C=O) groups excluding carboxylic acids is 1. The molecule has 30 heavy (non-hydrogen) atoms. The first-order chi connectivity index (χ1) is 14.6. The maximum absolute atomic E-state index is 13.7. The van der Waals surface area contributed by atoms with Gasteiger partial charge in [0, 0.05) is 11.3 Å². The number of carbonyl (C=O) groups is 1. The lowest BCUT2D eigenvalue weighted by Crippen LogP contribution is -2.13. The Labute approximate surface area is 186 Å². The number of halogens is 1. The Morgan fingerprint density at radius 2 is 1.73 bits per heavy atom. The predicted octanol–water partition coefficient (Wildman–Crippen LogP) is 6.35. The third-order valence-corrected chi connectivity index (χ3v) is 6.67. The van der Waals surface area contributed by atoms with Crippen LogP contribution < -0.4 is 5.32 Å². The second kappa shape index (κ2) is 9.34. The van der Waals surface area contributed by atoms with Gasteiger partial charge in [-0.3, -0.25) is 4.79 Å². The summed E-state index contributed by atoms with van der Waals surface area (Å²) in [5.41, 5.74) is 2.56. The number of nitrogens with zero attached hydrogens (tertiary/aromatic N) is 2. The minimum Gasteiger partial charge on any atom is -0.319 e. The quantitative estimate of drug-likeness (QED) is 0.273. The van der Waals surface area contributed by atoms with Crippen LogP contribution in [0.5, 0.6) is 0 Å². The summed E-state index contributed by atoms with van der Waals surface area (Å²) in [6, 6.07) is 23.1. The Balaban J connectivity index is 1.46. The Kier molecular flexibility index (Phi) is 6.37. The normalized spacial score (nSPS) is 10.7. The van der Waals surface area contributed by atoms with Gasteiger partial charge in [0.25, 0.3) is 5.91 Å². The van der Waals surface area contributed by atoms with Crippen molar-refractivity contribution < 1.29 is 9.18 Å². The molecule has 8 heteroatoms. The summed E-state index contributed by atoms with van der Waals surface area (Å²) in [4.78, 5) is 12.4. The van der Waals surface area contributed by atoms with Gasteiger partial charge in [-0.05, 0) is 54.2 Å². The summed E-state index contributed by atoms with van der Waals surface area (Å²) in [7, 11) is 0. The molecular formula is C22H16FN3OS3. The van der Waals surface area contributed by atoms with Crippen molar-refractivity contribution in [2.75, 3.05) is 5.32 Å². The Morgan fingerprint density at radius 1 is 1.03 bits per heavy atom. The number of anilines is 1. The number of amides is 1. The van der Waals surface area contributed by atoms with Gasteiger partial charge in [-0.15, -0.1) is 5.10 Å². The molecule has 150 valence electrons. The second-order valence-electron chi connectivity index (χ2n) is 6.30. The molecule has 0 saturated carbocycles. The van der Waals surface area contributed by atoms with Crippen molar-refractivity contribution in [2.24, 2.45) is 0 Å². The predicted molar refractivity (Wildman–Crippen MR) is 123 cm³/mol. The SMILES string of the molecule is O=C(Nc1ccccc1F)c1ccc(-n2nc(SCc3ccccc3)sc2=S)cc1. The first-order valence-corrected chi connectivity index (χ1v) is 11.2. The van der Waals surface area contributed by atoms with E-state index in [4.69, 9.17) is 12.2 Å². The largest absolute Gasteiger partial charge is 0.319 e. The monoisotopic (exact) mass is 453 g/mol. The molecule has 0 aliphatic carbocycles. The molecule has 0 aliphatic rings. The fourth-order valence-corrected chi connectivity index (χ4v) is 5.03. The zero-order valence-corrected chi connectivity index (χ0v) is 18.1. The van der Waals surface area contributed by atoms with E-state index in [0.29, 0.717) is 9.52 Å². The first kappa shape index (κ1) is 20.5. The molecule has 4 aromatic rings. The highest BCUT2D eigenvalue weighted by Gasteiger charge is 2.11. The molecule has 0 spiro atoms. The van der Waals surface area contributed by atoms with Crippen molar-refractivity contribution in [1.82, 2.24) is 9.78 Å². The highest BCUT2D eigenvalue weighted by atomic mass is 32.2. The van der Waals surface area contributed by atoms with E-state index in [2.05, 4.69) is 22.5 Å². The Hall–Kier alpha value is -2.81. The average Bonchev–Trinajstić information content (AvgIpc) is 3.15. The lowest BCUT2D eigenvalue weighted by molar-refractivity contribution is 0.102. The average molecular weight is 454 g/mol. The molecule has 1 N–H and O–H groups in total. The highest BCUT2D eigenvalue weighted by molar-refractivity contribution is 8.00. The van der Waals surface area contributed by atoms with E-state index in [0.717, 1.165) is 15.8 Å². The zero-order chi connectivity index (χ0) is 20.9. The molecule has 3 aromatic carbocycles. The summed E-state index contributed by atoms with van der Waals surface area (Å²) in [5.74, 6) is -0.0393. The van der Waals surface area contributed by atoms with Crippen LogP contribution >= 0.6 is 35.3 Å². The fourth-order valence-electron chi connectivity index (χ4n) is 2.71. The molecule has 0 saturated heterocycles. The van der Waals surface area contributed by atoms with Crippen LogP contribution in [0.15, 0.2) is 83.2 Å². The van der Waals surface area contributed by atoms with Crippen molar-refractivity contribution >= 4 is 46.9 Å². The second-order valence-corrected chi connectivity index (χ2v) is 9.15. The van der Waals surface area contributed by atoms with Crippen LogP contribution in [0.2, 0.25) is 0 Å². The summed E-state index contributed by atoms with van der Waals surface area (Å²) in [6.45, 7) is 0. The molecule has 4 rings (SSSR count). The van der Waals surface area contributed by atoms with Gasteiger partial charge in [0.2, 0.25) is 0 Å². The lowest BCUT2D eigenvalue weighted by Gasteiger charge is -2.07. The number of benzene rings is 3. The van der Waals surface area contributed by atoms with Gasteiger partial charge >= 0.3 is 0 Å². The van der Waals surface area contributed by atoms with Crippen LogP contribution in [0.25, 0.3) is 5.69 Å². The smallest absolute Gasteiger partial charge is 0.255 e. The third-order valence-electron chi connectivity index (χ3n) is 4.23. The number of hydrogen-bond donors (Lipinski definition) is 1. The van der Waals surface area contributed by atoms with E-state index in [9.17, 15) is 9.18 Å². The van der Waals surface area contributed by atoms with Gasteiger partial charge in [-0.25, -0.2) is 9.07 Å². The van der Waals surface area contributed by atoms with Gasteiger partial charge in [-0.2, -0.15) is 0 Å². The summed E-state index contributed by atoms with van der Waals surface area (Å²) < 4.78 is 16.9. The molecule has 0 fully saturated rings. The van der Waals surface area contributed by atoms with Crippen molar-refractivity contribution in [3.63, 3.8) is 0 Å². The van der Waals surface area contributed by atoms with Crippen molar-refractivity contribution in [1.29, 1.82) is 0 Å². The Bertz CT molecular complexity index is 1220. The van der Waals surface area contributed by atoms with Crippen LogP contribution in [0.1, 0.15) is 15.9 Å². The van der Waals surface area contributed by atoms with Gasteiger partial charge in [-0.1, -0.05) is 65.6 Å². The summed E-state index contributed by atoms with van der Waals surface area (Å²) >= 11 is 8.54. The van der Waals surface area contributed by atoms with E-state index in [-0.39, 0.29) is 11.6 Å². The van der Waals surface area contributed by atoms with Crippen LogP contribution in [0.4, 0.5) is 10.1 Å². The molecule has 1 aromatic heterocycles. The zero-order valence-electron chi connectivity index (χ0n) is 15.6. The van der Waals surface area contributed by atoms with Crippen molar-refractivity contribution in [3.8, 4) is 5.69 Å². The molecule has 0 bridgehead atoms. The molecular weight excluding hydrogens is 437 g/mol. The van der Waals surface area contributed by atoms with E-state index in [1.807, 2.05) is 18.2 Å². The third kappa shape index (κ3) is 4.84. The fraction of sp³-hybridized carbons (Fsp3) is 0.0455. The topological polar surface area (TPSA) is 46.9 Å². The number of para-hydroxylation sites is 1. The first-order valence-electron chi connectivity index (χ1n) is 9.03. The molecule has 0 radical (unpaired) electrons. The number of nitrogens with one attached hydrogen (secondary N) is 1. The molecule has 4 nitrogen and oxygen atoms in total. The number of aromatic nitrogens is 2. The molecule has 1 heterocycles. The number of hydrogen-bond acceptors (Lipinski definition) is 5. The molecule has 1 amide bonds. The molecule has 0 atom stereocenters. The highest BCUT2D eigenvalue weighted by Crippen LogP contribution is 2.27. The van der Waals surface area contributed by atoms with Gasteiger partial charge in [0.05, 0.1) is 11.4 Å². The van der Waals surface area contributed by atoms with E-state index >= 15 is 0 Å².